The Morgan fingerprint density at radius 2 is 1.91 bits per heavy atom. The molecular weight excluding hydrogens is 276 g/mol. The molecule has 122 valence electrons. The summed E-state index contributed by atoms with van der Waals surface area (Å²) >= 11 is 0. The molecule has 0 bridgehead atoms. The maximum absolute atomic E-state index is 12.3. The minimum absolute atomic E-state index is 0.121. The minimum Gasteiger partial charge on any atom is -0.355 e. The zero-order chi connectivity index (χ0) is 16.3. The zero-order valence-electron chi connectivity index (χ0n) is 14.4. The molecule has 5 heteroatoms. The van der Waals surface area contributed by atoms with Crippen molar-refractivity contribution in [1.29, 1.82) is 0 Å². The van der Waals surface area contributed by atoms with E-state index in [2.05, 4.69) is 41.0 Å². The first-order valence-corrected chi connectivity index (χ1v) is 8.24. The van der Waals surface area contributed by atoms with Crippen molar-refractivity contribution in [1.82, 2.24) is 15.3 Å². The molecule has 0 aromatic carbocycles. The molecule has 0 aliphatic carbocycles. The van der Waals surface area contributed by atoms with Crippen LogP contribution in [0.1, 0.15) is 45.0 Å². The van der Waals surface area contributed by atoms with Crippen molar-refractivity contribution in [3.63, 3.8) is 0 Å². The highest BCUT2D eigenvalue weighted by Crippen LogP contribution is 2.24. The van der Waals surface area contributed by atoms with E-state index in [1.165, 1.54) is 0 Å². The molecule has 2 heterocycles. The van der Waals surface area contributed by atoms with Crippen molar-refractivity contribution >= 4 is 11.7 Å². The molecule has 1 aromatic rings. The van der Waals surface area contributed by atoms with Gasteiger partial charge >= 0.3 is 0 Å². The van der Waals surface area contributed by atoms with E-state index in [1.807, 2.05) is 13.8 Å². The summed E-state index contributed by atoms with van der Waals surface area (Å²) in [5.74, 6) is 1.76. The number of nitrogens with one attached hydrogen (secondary N) is 1. The molecule has 1 aromatic heterocycles. The summed E-state index contributed by atoms with van der Waals surface area (Å²) in [6.07, 6.45) is 3.56. The topological polar surface area (TPSA) is 58.1 Å². The van der Waals surface area contributed by atoms with Crippen LogP contribution in [0.15, 0.2) is 6.20 Å². The third-order valence-electron chi connectivity index (χ3n) is 4.59. The number of carbonyl (C=O) groups excluding carboxylic acids is 1. The van der Waals surface area contributed by atoms with Crippen LogP contribution in [0, 0.1) is 25.7 Å². The predicted octanol–water partition coefficient (Wildman–Crippen LogP) is 2.47. The number of rotatable bonds is 4. The lowest BCUT2D eigenvalue weighted by Crippen LogP contribution is -2.44. The Kier molecular flexibility index (Phi) is 5.37. The third-order valence-corrected chi connectivity index (χ3v) is 4.59. The van der Waals surface area contributed by atoms with E-state index in [0.29, 0.717) is 5.92 Å². The van der Waals surface area contributed by atoms with Crippen molar-refractivity contribution < 1.29 is 4.79 Å². The zero-order valence-corrected chi connectivity index (χ0v) is 14.4. The average molecular weight is 304 g/mol. The van der Waals surface area contributed by atoms with Gasteiger partial charge in [-0.15, -0.1) is 0 Å². The molecule has 1 N–H and O–H groups in total. The average Bonchev–Trinajstić information content (AvgIpc) is 2.49. The van der Waals surface area contributed by atoms with Crippen molar-refractivity contribution in [2.45, 2.75) is 53.5 Å². The smallest absolute Gasteiger partial charge is 0.223 e. The number of amides is 1. The van der Waals surface area contributed by atoms with Crippen LogP contribution in [0.3, 0.4) is 0 Å². The van der Waals surface area contributed by atoms with Gasteiger partial charge < -0.3 is 10.2 Å². The first-order valence-electron chi connectivity index (χ1n) is 8.24. The Balaban J connectivity index is 1.93. The molecular formula is C17H28N4O. The number of hydrogen-bond acceptors (Lipinski definition) is 4. The van der Waals surface area contributed by atoms with E-state index in [9.17, 15) is 4.79 Å². The van der Waals surface area contributed by atoms with Crippen molar-refractivity contribution in [3.8, 4) is 0 Å². The van der Waals surface area contributed by atoms with Crippen molar-refractivity contribution in [2.24, 2.45) is 11.8 Å². The fourth-order valence-corrected chi connectivity index (χ4v) is 2.69. The number of piperidine rings is 1. The summed E-state index contributed by atoms with van der Waals surface area (Å²) in [6, 6.07) is 0.232. The number of aromatic nitrogens is 2. The molecule has 1 amide bonds. The molecule has 22 heavy (non-hydrogen) atoms. The van der Waals surface area contributed by atoms with E-state index >= 15 is 0 Å². The number of anilines is 1. The number of carbonyl (C=O) groups is 1. The highest BCUT2D eigenvalue weighted by molar-refractivity contribution is 5.79. The Morgan fingerprint density at radius 3 is 2.50 bits per heavy atom. The summed E-state index contributed by atoms with van der Waals surface area (Å²) in [6.45, 7) is 12.0. The molecule has 1 saturated heterocycles. The number of hydrogen-bond donors (Lipinski definition) is 1. The van der Waals surface area contributed by atoms with E-state index in [4.69, 9.17) is 0 Å². The highest BCUT2D eigenvalue weighted by Gasteiger charge is 2.27. The summed E-state index contributed by atoms with van der Waals surface area (Å²) in [5, 5.41) is 3.14. The van der Waals surface area contributed by atoms with Crippen LogP contribution >= 0.6 is 0 Å². The largest absolute Gasteiger partial charge is 0.355 e. The monoisotopic (exact) mass is 304 g/mol. The van der Waals surface area contributed by atoms with Gasteiger partial charge in [0.25, 0.3) is 0 Å². The van der Waals surface area contributed by atoms with Gasteiger partial charge in [0, 0.05) is 31.2 Å². The first kappa shape index (κ1) is 16.7. The van der Waals surface area contributed by atoms with Crippen LogP contribution in [0.4, 0.5) is 5.82 Å². The van der Waals surface area contributed by atoms with E-state index in [0.717, 1.165) is 43.1 Å². The normalized spacial score (nSPS) is 17.6. The van der Waals surface area contributed by atoms with Crippen LogP contribution in [0.2, 0.25) is 0 Å². The summed E-state index contributed by atoms with van der Waals surface area (Å²) in [4.78, 5) is 23.6. The van der Waals surface area contributed by atoms with Gasteiger partial charge in [0.1, 0.15) is 5.82 Å². The lowest BCUT2D eigenvalue weighted by atomic mass is 9.94. The highest BCUT2D eigenvalue weighted by atomic mass is 16.1. The van der Waals surface area contributed by atoms with Gasteiger partial charge in [-0.05, 0) is 39.5 Å². The van der Waals surface area contributed by atoms with Gasteiger partial charge in [0.2, 0.25) is 5.91 Å². The second-order valence-electron chi connectivity index (χ2n) is 6.72. The Morgan fingerprint density at radius 1 is 1.27 bits per heavy atom. The molecule has 1 fully saturated rings. The second-order valence-corrected chi connectivity index (χ2v) is 6.72. The lowest BCUT2D eigenvalue weighted by Gasteiger charge is -2.33. The summed E-state index contributed by atoms with van der Waals surface area (Å²) in [7, 11) is 0. The molecule has 0 radical (unpaired) electrons. The van der Waals surface area contributed by atoms with Crippen molar-refractivity contribution in [2.75, 3.05) is 18.0 Å². The van der Waals surface area contributed by atoms with Crippen LogP contribution in [0.25, 0.3) is 0 Å². The van der Waals surface area contributed by atoms with Gasteiger partial charge in [-0.25, -0.2) is 4.98 Å². The molecule has 0 unspecified atom stereocenters. The summed E-state index contributed by atoms with van der Waals surface area (Å²) < 4.78 is 0. The standard InChI is InChI=1S/C17H28N4O/c1-11(2)13(4)20-17(22)15-6-8-21(9-7-15)16-14(5)18-10-12(3)19-16/h10-11,13,15H,6-9H2,1-5H3,(H,20,22)/t13-/m1/s1. The second kappa shape index (κ2) is 7.07. The fourth-order valence-electron chi connectivity index (χ4n) is 2.69. The molecule has 0 saturated carbocycles. The maximum atomic E-state index is 12.3. The SMILES string of the molecule is Cc1cnc(C)c(N2CCC(C(=O)N[C@H](C)C(C)C)CC2)n1. The van der Waals surface area contributed by atoms with Gasteiger partial charge in [-0.2, -0.15) is 0 Å². The van der Waals surface area contributed by atoms with Gasteiger partial charge in [0.15, 0.2) is 0 Å². The summed E-state index contributed by atoms with van der Waals surface area (Å²) in [5.41, 5.74) is 1.90. The minimum atomic E-state index is 0.121. The molecule has 1 aliphatic heterocycles. The first-order chi connectivity index (χ1) is 10.4. The quantitative estimate of drug-likeness (QED) is 0.928. The Bertz CT molecular complexity index is 521. The Hall–Kier alpha value is -1.65. The predicted molar refractivity (Wildman–Crippen MR) is 88.9 cm³/mol. The lowest BCUT2D eigenvalue weighted by molar-refractivity contribution is -0.126. The van der Waals surface area contributed by atoms with Crippen LogP contribution < -0.4 is 10.2 Å². The van der Waals surface area contributed by atoms with Crippen LogP contribution in [-0.4, -0.2) is 35.0 Å². The van der Waals surface area contributed by atoms with Gasteiger partial charge in [0.05, 0.1) is 11.4 Å². The number of aryl methyl sites for hydroxylation is 2. The third kappa shape index (κ3) is 3.96. The number of nitrogens with zero attached hydrogens (tertiary/aromatic N) is 3. The van der Waals surface area contributed by atoms with E-state index < -0.39 is 0 Å². The van der Waals surface area contributed by atoms with Crippen LogP contribution in [0.5, 0.6) is 0 Å². The van der Waals surface area contributed by atoms with Crippen molar-refractivity contribution in [3.05, 3.63) is 17.6 Å². The maximum Gasteiger partial charge on any atom is 0.223 e. The van der Waals surface area contributed by atoms with E-state index in [-0.39, 0.29) is 17.9 Å². The van der Waals surface area contributed by atoms with Gasteiger partial charge in [-0.3, -0.25) is 9.78 Å². The van der Waals surface area contributed by atoms with Gasteiger partial charge in [-0.1, -0.05) is 13.8 Å². The molecule has 1 aliphatic rings. The Labute approximate surface area is 133 Å². The molecule has 2 rings (SSSR count). The molecule has 1 atom stereocenters. The van der Waals surface area contributed by atoms with E-state index in [1.54, 1.807) is 6.20 Å². The fraction of sp³-hybridized carbons (Fsp3) is 0.706. The van der Waals surface area contributed by atoms with Crippen LogP contribution in [-0.2, 0) is 4.79 Å². The molecule has 5 nitrogen and oxygen atoms in total. The molecule has 0 spiro atoms.